The lowest BCUT2D eigenvalue weighted by Gasteiger charge is -2.26. The van der Waals surface area contributed by atoms with Gasteiger partial charge >= 0.3 is 0 Å². The van der Waals surface area contributed by atoms with Gasteiger partial charge in [0.15, 0.2) is 0 Å². The average Bonchev–Trinajstić information content (AvgIpc) is 3.09. The van der Waals surface area contributed by atoms with Gasteiger partial charge in [0.2, 0.25) is 5.91 Å². The van der Waals surface area contributed by atoms with E-state index in [9.17, 15) is 4.79 Å². The lowest BCUT2D eigenvalue weighted by Crippen LogP contribution is -2.41. The molecule has 4 nitrogen and oxygen atoms in total. The molecule has 3 heterocycles. The minimum Gasteiger partial charge on any atom is -0.378 e. The van der Waals surface area contributed by atoms with Crippen molar-refractivity contribution < 1.29 is 9.53 Å². The van der Waals surface area contributed by atoms with Crippen LogP contribution in [-0.2, 0) is 16.0 Å². The van der Waals surface area contributed by atoms with Gasteiger partial charge in [-0.3, -0.25) is 4.79 Å². The van der Waals surface area contributed by atoms with E-state index >= 15 is 0 Å². The molecule has 1 fully saturated rings. The summed E-state index contributed by atoms with van der Waals surface area (Å²) in [4.78, 5) is 20.8. The van der Waals surface area contributed by atoms with E-state index in [1.165, 1.54) is 0 Å². The molecular formula is C14H16N2O2S2. The fourth-order valence-electron chi connectivity index (χ4n) is 2.16. The number of amides is 1. The summed E-state index contributed by atoms with van der Waals surface area (Å²) in [5.74, 6) is 0.191. The molecule has 1 saturated heterocycles. The molecule has 0 N–H and O–H groups in total. The van der Waals surface area contributed by atoms with Crippen LogP contribution in [0.4, 0.5) is 0 Å². The second-order valence-corrected chi connectivity index (χ2v) is 6.92. The summed E-state index contributed by atoms with van der Waals surface area (Å²) >= 11 is 3.31. The Morgan fingerprint density at radius 2 is 2.20 bits per heavy atom. The van der Waals surface area contributed by atoms with Gasteiger partial charge in [-0.25, -0.2) is 4.98 Å². The highest BCUT2D eigenvalue weighted by molar-refractivity contribution is 7.16. The number of aromatic nitrogens is 1. The molecule has 106 valence electrons. The Morgan fingerprint density at radius 3 is 2.90 bits per heavy atom. The van der Waals surface area contributed by atoms with Gasteiger partial charge in [-0.15, -0.1) is 22.7 Å². The van der Waals surface area contributed by atoms with Gasteiger partial charge in [0.05, 0.1) is 35.2 Å². The van der Waals surface area contributed by atoms with Crippen LogP contribution in [0.2, 0.25) is 0 Å². The number of thiophene rings is 1. The van der Waals surface area contributed by atoms with Crippen LogP contribution in [0.3, 0.4) is 0 Å². The molecule has 1 aliphatic rings. The van der Waals surface area contributed by atoms with Gasteiger partial charge in [0, 0.05) is 23.3 Å². The number of nitrogens with zero attached hydrogens (tertiary/aromatic N) is 2. The smallest absolute Gasteiger partial charge is 0.227 e. The van der Waals surface area contributed by atoms with E-state index in [1.807, 2.05) is 17.9 Å². The molecule has 6 heteroatoms. The number of morpholine rings is 1. The maximum absolute atomic E-state index is 12.2. The first-order valence-corrected chi connectivity index (χ1v) is 8.29. The minimum atomic E-state index is 0.191. The van der Waals surface area contributed by atoms with E-state index in [2.05, 4.69) is 16.4 Å². The number of hydrogen-bond donors (Lipinski definition) is 0. The lowest BCUT2D eigenvalue weighted by molar-refractivity contribution is -0.134. The predicted octanol–water partition coefficient (Wildman–Crippen LogP) is 2.58. The molecule has 1 amide bonds. The van der Waals surface area contributed by atoms with E-state index in [0.29, 0.717) is 32.7 Å². The van der Waals surface area contributed by atoms with E-state index in [4.69, 9.17) is 4.74 Å². The molecule has 0 bridgehead atoms. The van der Waals surface area contributed by atoms with Crippen molar-refractivity contribution in [2.75, 3.05) is 26.3 Å². The van der Waals surface area contributed by atoms with Gasteiger partial charge in [0.1, 0.15) is 0 Å². The fraction of sp³-hybridized carbons (Fsp3) is 0.429. The van der Waals surface area contributed by atoms with Gasteiger partial charge in [-0.05, 0) is 19.1 Å². The SMILES string of the molecule is Cc1nc(-c2ccc(CC(=O)N3CCOCC3)s2)cs1. The third kappa shape index (κ3) is 3.08. The van der Waals surface area contributed by atoms with E-state index < -0.39 is 0 Å². The van der Waals surface area contributed by atoms with E-state index in [0.717, 1.165) is 20.5 Å². The standard InChI is InChI=1S/C14H16N2O2S2/c1-10-15-12(9-19-10)13-3-2-11(20-13)8-14(17)16-4-6-18-7-5-16/h2-3,9H,4-8H2,1H3. The number of carbonyl (C=O) groups excluding carboxylic acids is 1. The van der Waals surface area contributed by atoms with Crippen molar-refractivity contribution in [2.24, 2.45) is 0 Å². The molecule has 2 aromatic heterocycles. The molecular weight excluding hydrogens is 292 g/mol. The van der Waals surface area contributed by atoms with Crippen LogP contribution in [-0.4, -0.2) is 42.1 Å². The second-order valence-electron chi connectivity index (χ2n) is 4.69. The third-order valence-corrected chi connectivity index (χ3v) is 5.10. The van der Waals surface area contributed by atoms with Gasteiger partial charge < -0.3 is 9.64 Å². The topological polar surface area (TPSA) is 42.4 Å². The quantitative estimate of drug-likeness (QED) is 0.875. The van der Waals surface area contributed by atoms with Gasteiger partial charge in [0.25, 0.3) is 0 Å². The number of rotatable bonds is 3. The van der Waals surface area contributed by atoms with E-state index in [1.54, 1.807) is 22.7 Å². The largest absolute Gasteiger partial charge is 0.378 e. The van der Waals surface area contributed by atoms with E-state index in [-0.39, 0.29) is 5.91 Å². The molecule has 0 radical (unpaired) electrons. The van der Waals surface area contributed by atoms with Gasteiger partial charge in [-0.1, -0.05) is 0 Å². The highest BCUT2D eigenvalue weighted by Crippen LogP contribution is 2.29. The Kier molecular flexibility index (Phi) is 4.14. The second kappa shape index (κ2) is 6.03. The highest BCUT2D eigenvalue weighted by atomic mass is 32.1. The Hall–Kier alpha value is -1.24. The Balaban J connectivity index is 1.66. The summed E-state index contributed by atoms with van der Waals surface area (Å²) in [6, 6.07) is 4.09. The van der Waals surface area contributed by atoms with Crippen LogP contribution >= 0.6 is 22.7 Å². The van der Waals surface area contributed by atoms with Crippen LogP contribution in [0.5, 0.6) is 0 Å². The Bertz CT molecular complexity index is 600. The first kappa shape index (κ1) is 13.7. The first-order chi connectivity index (χ1) is 9.72. The molecule has 0 aliphatic carbocycles. The van der Waals surface area contributed by atoms with Crippen molar-refractivity contribution >= 4 is 28.6 Å². The van der Waals surface area contributed by atoms with Gasteiger partial charge in [-0.2, -0.15) is 0 Å². The maximum Gasteiger partial charge on any atom is 0.227 e. The number of thiazole rings is 1. The van der Waals surface area contributed by atoms with Crippen molar-refractivity contribution in [3.63, 3.8) is 0 Å². The first-order valence-electron chi connectivity index (χ1n) is 6.59. The molecule has 0 unspecified atom stereocenters. The van der Waals surface area contributed by atoms with Crippen LogP contribution in [0.25, 0.3) is 10.6 Å². The molecule has 20 heavy (non-hydrogen) atoms. The summed E-state index contributed by atoms with van der Waals surface area (Å²) in [6.07, 6.45) is 0.480. The minimum absolute atomic E-state index is 0.191. The molecule has 0 atom stereocenters. The van der Waals surface area contributed by atoms with Crippen molar-refractivity contribution in [1.29, 1.82) is 0 Å². The molecule has 0 spiro atoms. The normalized spacial score (nSPS) is 15.6. The lowest BCUT2D eigenvalue weighted by atomic mass is 10.3. The zero-order chi connectivity index (χ0) is 13.9. The predicted molar refractivity (Wildman–Crippen MR) is 81.3 cm³/mol. The number of ether oxygens (including phenoxy) is 1. The summed E-state index contributed by atoms with van der Waals surface area (Å²) in [5, 5.41) is 3.13. The summed E-state index contributed by atoms with van der Waals surface area (Å²) < 4.78 is 5.27. The number of hydrogen-bond acceptors (Lipinski definition) is 5. The average molecular weight is 308 g/mol. The van der Waals surface area contributed by atoms with Crippen LogP contribution < -0.4 is 0 Å². The zero-order valence-corrected chi connectivity index (χ0v) is 12.9. The van der Waals surface area contributed by atoms with Crippen molar-refractivity contribution in [2.45, 2.75) is 13.3 Å². The molecule has 1 aliphatic heterocycles. The zero-order valence-electron chi connectivity index (χ0n) is 11.3. The fourth-order valence-corrected chi connectivity index (χ4v) is 3.81. The summed E-state index contributed by atoms with van der Waals surface area (Å²) in [5.41, 5.74) is 1.02. The van der Waals surface area contributed by atoms with Crippen LogP contribution in [0.1, 0.15) is 9.88 Å². The molecule has 2 aromatic rings. The molecule has 3 rings (SSSR count). The summed E-state index contributed by atoms with van der Waals surface area (Å²) in [6.45, 7) is 4.73. The van der Waals surface area contributed by atoms with Crippen LogP contribution in [0, 0.1) is 6.92 Å². The number of aryl methyl sites for hydroxylation is 1. The summed E-state index contributed by atoms with van der Waals surface area (Å²) in [7, 11) is 0. The van der Waals surface area contributed by atoms with Crippen molar-refractivity contribution in [3.05, 3.63) is 27.4 Å². The Morgan fingerprint density at radius 1 is 1.40 bits per heavy atom. The van der Waals surface area contributed by atoms with Crippen molar-refractivity contribution in [3.8, 4) is 10.6 Å². The third-order valence-electron chi connectivity index (χ3n) is 3.22. The molecule has 0 saturated carbocycles. The highest BCUT2D eigenvalue weighted by Gasteiger charge is 2.18. The monoisotopic (exact) mass is 308 g/mol. The van der Waals surface area contributed by atoms with Crippen molar-refractivity contribution in [1.82, 2.24) is 9.88 Å². The van der Waals surface area contributed by atoms with Crippen LogP contribution in [0.15, 0.2) is 17.5 Å². The number of carbonyl (C=O) groups is 1. The maximum atomic E-state index is 12.2. The molecule has 0 aromatic carbocycles. The Labute approximate surface area is 126 Å².